The number of carbonyl (C=O) groups is 1. The Morgan fingerprint density at radius 3 is 2.83 bits per heavy atom. The van der Waals surface area contributed by atoms with Gasteiger partial charge in [-0.15, -0.1) is 11.3 Å². The Morgan fingerprint density at radius 1 is 1.20 bits per heavy atom. The van der Waals surface area contributed by atoms with Crippen molar-refractivity contribution in [3.05, 3.63) is 47.1 Å². The smallest absolute Gasteiger partial charge is 0.265 e. The van der Waals surface area contributed by atoms with Crippen LogP contribution < -0.4 is 5.32 Å². The molecular formula is C22H25N5O2S. The Kier molecular flexibility index (Phi) is 5.06. The molecule has 1 aromatic carbocycles. The van der Waals surface area contributed by atoms with Crippen LogP contribution in [0.3, 0.4) is 0 Å². The van der Waals surface area contributed by atoms with E-state index in [4.69, 9.17) is 4.74 Å². The summed E-state index contributed by atoms with van der Waals surface area (Å²) < 4.78 is 9.53. The molecule has 0 atom stereocenters. The summed E-state index contributed by atoms with van der Waals surface area (Å²) in [6.07, 6.45) is 2.12. The van der Waals surface area contributed by atoms with Crippen LogP contribution in [0.25, 0.3) is 21.1 Å². The van der Waals surface area contributed by atoms with Gasteiger partial charge in [0.05, 0.1) is 23.8 Å². The molecule has 8 heteroatoms. The maximum Gasteiger partial charge on any atom is 0.265 e. The van der Waals surface area contributed by atoms with Gasteiger partial charge in [-0.1, -0.05) is 0 Å². The third kappa shape index (κ3) is 3.62. The molecule has 0 bridgehead atoms. The molecule has 5 rings (SSSR count). The molecular weight excluding hydrogens is 398 g/mol. The molecule has 3 aromatic heterocycles. The number of nitrogens with one attached hydrogen (secondary N) is 1. The van der Waals surface area contributed by atoms with E-state index in [2.05, 4.69) is 38.2 Å². The van der Waals surface area contributed by atoms with E-state index in [0.717, 1.165) is 66.4 Å². The molecule has 4 aromatic rings. The molecule has 0 radical (unpaired) electrons. The van der Waals surface area contributed by atoms with E-state index in [9.17, 15) is 4.79 Å². The summed E-state index contributed by atoms with van der Waals surface area (Å²) in [5, 5.41) is 9.62. The summed E-state index contributed by atoms with van der Waals surface area (Å²) >= 11 is 1.47. The first-order chi connectivity index (χ1) is 14.6. The maximum atomic E-state index is 12.8. The average Bonchev–Trinajstić information content (AvgIpc) is 3.43. The number of rotatable bonds is 5. The van der Waals surface area contributed by atoms with Crippen LogP contribution in [0.5, 0.6) is 0 Å². The zero-order valence-corrected chi connectivity index (χ0v) is 18.0. The van der Waals surface area contributed by atoms with Crippen molar-refractivity contribution in [3.63, 3.8) is 0 Å². The van der Waals surface area contributed by atoms with Crippen LogP contribution in [0, 0.1) is 6.92 Å². The quantitative estimate of drug-likeness (QED) is 0.534. The van der Waals surface area contributed by atoms with Crippen molar-refractivity contribution in [1.29, 1.82) is 0 Å². The molecule has 1 aliphatic heterocycles. The second kappa shape index (κ2) is 7.86. The third-order valence-electron chi connectivity index (χ3n) is 5.71. The minimum absolute atomic E-state index is 0.0818. The fraction of sp³-hybridized carbons (Fsp3) is 0.364. The first-order valence-electron chi connectivity index (χ1n) is 10.2. The summed E-state index contributed by atoms with van der Waals surface area (Å²) in [5.74, 6) is -0.0818. The first kappa shape index (κ1) is 19.3. The molecule has 0 unspecified atom stereocenters. The normalized spacial score (nSPS) is 15.3. The largest absolute Gasteiger partial charge is 0.379 e. The minimum atomic E-state index is -0.0818. The van der Waals surface area contributed by atoms with Crippen LogP contribution in [-0.2, 0) is 18.3 Å². The van der Waals surface area contributed by atoms with Crippen LogP contribution in [0.4, 0.5) is 5.69 Å². The van der Waals surface area contributed by atoms with E-state index in [-0.39, 0.29) is 5.91 Å². The summed E-state index contributed by atoms with van der Waals surface area (Å²) in [6, 6.07) is 10.1. The van der Waals surface area contributed by atoms with E-state index in [1.54, 1.807) is 0 Å². The van der Waals surface area contributed by atoms with Crippen LogP contribution in [-0.4, -0.2) is 58.0 Å². The number of amides is 1. The number of carbonyl (C=O) groups excluding carboxylic acids is 1. The van der Waals surface area contributed by atoms with Gasteiger partial charge in [-0.2, -0.15) is 5.10 Å². The van der Waals surface area contributed by atoms with Gasteiger partial charge >= 0.3 is 0 Å². The second-order valence-corrected chi connectivity index (χ2v) is 8.76. The molecule has 7 nitrogen and oxygen atoms in total. The number of hydrogen-bond donors (Lipinski definition) is 1. The van der Waals surface area contributed by atoms with Crippen molar-refractivity contribution >= 4 is 44.1 Å². The van der Waals surface area contributed by atoms with Crippen LogP contribution >= 0.6 is 11.3 Å². The molecule has 0 spiro atoms. The second-order valence-electron chi connectivity index (χ2n) is 7.73. The fourth-order valence-electron chi connectivity index (χ4n) is 4.06. The van der Waals surface area contributed by atoms with Gasteiger partial charge in [0.2, 0.25) is 0 Å². The summed E-state index contributed by atoms with van der Waals surface area (Å²) in [7, 11) is 1.91. The Morgan fingerprint density at radius 2 is 2.03 bits per heavy atom. The van der Waals surface area contributed by atoms with Crippen LogP contribution in [0.2, 0.25) is 0 Å². The van der Waals surface area contributed by atoms with Crippen molar-refractivity contribution < 1.29 is 9.53 Å². The van der Waals surface area contributed by atoms with E-state index in [1.165, 1.54) is 16.9 Å². The SMILES string of the molecule is Cc1nn(C)c2sc(C(=O)Nc3ccc4c(ccn4CCN4CCOCC4)c3)cc12. The standard InChI is InChI=1S/C22H25N5O2S/c1-15-18-14-20(30-22(18)25(2)24-15)21(28)23-17-3-4-19-16(13-17)5-6-27(19)8-7-26-9-11-29-12-10-26/h3-6,13-14H,7-12H2,1-2H3,(H,23,28). The number of thiophene rings is 1. The van der Waals surface area contributed by atoms with Gasteiger partial charge in [0, 0.05) is 61.4 Å². The molecule has 1 saturated heterocycles. The Hall–Kier alpha value is -2.68. The topological polar surface area (TPSA) is 64.3 Å². The zero-order chi connectivity index (χ0) is 20.7. The number of aromatic nitrogens is 3. The Labute approximate surface area is 178 Å². The lowest BCUT2D eigenvalue weighted by molar-refractivity contribution is 0.0365. The summed E-state index contributed by atoms with van der Waals surface area (Å²) in [5.41, 5.74) is 2.94. The van der Waals surface area contributed by atoms with E-state index >= 15 is 0 Å². The molecule has 30 heavy (non-hydrogen) atoms. The molecule has 1 aliphatic rings. The predicted octanol–water partition coefficient (Wildman–Crippen LogP) is 3.48. The lowest BCUT2D eigenvalue weighted by Crippen LogP contribution is -2.38. The van der Waals surface area contributed by atoms with Crippen LogP contribution in [0.15, 0.2) is 36.5 Å². The summed E-state index contributed by atoms with van der Waals surface area (Å²) in [4.78, 5) is 16.9. The molecule has 1 N–H and O–H groups in total. The van der Waals surface area contributed by atoms with E-state index in [1.807, 2.05) is 36.9 Å². The first-order valence-corrected chi connectivity index (χ1v) is 11.0. The van der Waals surface area contributed by atoms with Gasteiger partial charge in [0.15, 0.2) is 0 Å². The average molecular weight is 424 g/mol. The fourth-order valence-corrected chi connectivity index (χ4v) is 5.08. The number of nitrogens with zero attached hydrogens (tertiary/aromatic N) is 4. The molecule has 1 fully saturated rings. The summed E-state index contributed by atoms with van der Waals surface area (Å²) in [6.45, 7) is 7.59. The number of aryl methyl sites for hydroxylation is 2. The van der Waals surface area contributed by atoms with Crippen LogP contribution in [0.1, 0.15) is 15.4 Å². The van der Waals surface area contributed by atoms with Gasteiger partial charge in [-0.05, 0) is 37.3 Å². The number of morpholine rings is 1. The number of hydrogen-bond acceptors (Lipinski definition) is 5. The van der Waals surface area contributed by atoms with Crippen molar-refractivity contribution in [2.24, 2.45) is 7.05 Å². The van der Waals surface area contributed by atoms with Gasteiger partial charge in [0.1, 0.15) is 4.83 Å². The highest BCUT2D eigenvalue weighted by atomic mass is 32.1. The van der Waals surface area contributed by atoms with Crippen molar-refractivity contribution in [3.8, 4) is 0 Å². The van der Waals surface area contributed by atoms with E-state index < -0.39 is 0 Å². The highest BCUT2D eigenvalue weighted by Crippen LogP contribution is 2.28. The maximum absolute atomic E-state index is 12.8. The third-order valence-corrected chi connectivity index (χ3v) is 6.91. The highest BCUT2D eigenvalue weighted by Gasteiger charge is 2.16. The number of anilines is 1. The Bertz CT molecular complexity index is 1180. The van der Waals surface area contributed by atoms with Gasteiger partial charge in [-0.3, -0.25) is 14.4 Å². The molecule has 156 valence electrons. The van der Waals surface area contributed by atoms with Crippen molar-refractivity contribution in [1.82, 2.24) is 19.2 Å². The molecule has 0 aliphatic carbocycles. The van der Waals surface area contributed by atoms with E-state index in [0.29, 0.717) is 4.88 Å². The highest BCUT2D eigenvalue weighted by molar-refractivity contribution is 7.20. The van der Waals surface area contributed by atoms with Gasteiger partial charge in [0.25, 0.3) is 5.91 Å². The minimum Gasteiger partial charge on any atom is -0.379 e. The lowest BCUT2D eigenvalue weighted by Gasteiger charge is -2.26. The number of benzene rings is 1. The van der Waals surface area contributed by atoms with Crippen molar-refractivity contribution in [2.45, 2.75) is 13.5 Å². The molecule has 0 saturated carbocycles. The molecule has 1 amide bonds. The Balaban J connectivity index is 1.29. The monoisotopic (exact) mass is 423 g/mol. The van der Waals surface area contributed by atoms with Gasteiger partial charge < -0.3 is 14.6 Å². The zero-order valence-electron chi connectivity index (χ0n) is 17.2. The predicted molar refractivity (Wildman–Crippen MR) is 120 cm³/mol. The lowest BCUT2D eigenvalue weighted by atomic mass is 10.2. The van der Waals surface area contributed by atoms with Crippen molar-refractivity contribution in [2.75, 3.05) is 38.2 Å². The number of ether oxygens (including phenoxy) is 1. The number of fused-ring (bicyclic) bond motifs is 2. The molecule has 4 heterocycles. The van der Waals surface area contributed by atoms with Gasteiger partial charge in [-0.25, -0.2) is 0 Å².